The second-order valence-electron chi connectivity index (χ2n) is 7.31. The number of rotatable bonds is 13. The van der Waals surface area contributed by atoms with E-state index < -0.39 is 83.7 Å². The van der Waals surface area contributed by atoms with Crippen molar-refractivity contribution in [1.82, 2.24) is 0 Å². The highest BCUT2D eigenvalue weighted by Gasteiger charge is 2.50. The van der Waals surface area contributed by atoms with Crippen LogP contribution in [0.1, 0.15) is 0 Å². The summed E-state index contributed by atoms with van der Waals surface area (Å²) in [5.41, 5.74) is 0. The summed E-state index contributed by atoms with van der Waals surface area (Å²) in [4.78, 5) is 0. The van der Waals surface area contributed by atoms with Crippen LogP contribution in [-0.4, -0.2) is 199 Å². The van der Waals surface area contributed by atoms with Crippen LogP contribution in [0.15, 0.2) is 0 Å². The Balaban J connectivity index is 6.97. The van der Waals surface area contributed by atoms with Crippen LogP contribution in [0.4, 0.5) is 0 Å². The molecule has 0 saturated carbocycles. The monoisotopic (exact) mass is 339 g/mol. The zero-order chi connectivity index (χ0) is 23.2. The molecule has 0 heterocycles. The van der Waals surface area contributed by atoms with Crippen LogP contribution in [0, 0.1) is 0 Å². The van der Waals surface area contributed by atoms with Gasteiger partial charge < -0.3 is 0 Å². The minimum atomic E-state index is -1.68. The second kappa shape index (κ2) is 14.5. The molecular formula is B28P. The Kier molecular flexibility index (Phi) is 15.6. The van der Waals surface area contributed by atoms with E-state index in [4.69, 9.17) is 116 Å². The van der Waals surface area contributed by atoms with E-state index in [1.54, 1.807) is 0 Å². The van der Waals surface area contributed by atoms with Gasteiger partial charge in [-0.3, -0.25) is 7.56 Å². The van der Waals surface area contributed by atoms with Gasteiger partial charge >= 0.3 is 0 Å². The highest BCUT2D eigenvalue weighted by Crippen LogP contribution is 2.47. The van der Waals surface area contributed by atoms with E-state index >= 15 is 0 Å². The Morgan fingerprint density at radius 2 is 0.724 bits per heavy atom. The second-order valence-corrected chi connectivity index (χ2v) is 9.99. The molecule has 0 aromatic heterocycles. The van der Waals surface area contributed by atoms with Crippen LogP contribution in [0.2, 0.25) is 0 Å². The minimum Gasteiger partial charge on any atom is -0.253 e. The van der Waals surface area contributed by atoms with Crippen LogP contribution in [-0.2, 0) is 0 Å². The van der Waals surface area contributed by atoms with Crippen molar-refractivity contribution in [2.45, 2.75) is 0 Å². The molecule has 0 atom stereocenters. The first-order valence-corrected chi connectivity index (χ1v) is 10.7. The average molecular weight is 334 g/mol. The highest BCUT2D eigenvalue weighted by molar-refractivity contribution is 8.58. The first kappa shape index (κ1) is 31.2. The quantitative estimate of drug-likeness (QED) is 0.232. The Morgan fingerprint density at radius 1 is 0.414 bits per heavy atom. The molecule has 0 nitrogen and oxygen atoms in total. The first-order chi connectivity index (χ1) is 13.2. The van der Waals surface area contributed by atoms with Gasteiger partial charge in [-0.1, -0.05) is 0 Å². The molecule has 0 bridgehead atoms. The fourth-order valence-corrected chi connectivity index (χ4v) is 8.01. The summed E-state index contributed by atoms with van der Waals surface area (Å²) in [5.74, 6) is 0. The van der Waals surface area contributed by atoms with Gasteiger partial charge in [0.15, 0.2) is 0 Å². The summed E-state index contributed by atoms with van der Waals surface area (Å²) in [7, 11) is 89.7. The van der Waals surface area contributed by atoms with Gasteiger partial charge in [-0.05, 0) is 0 Å². The SMILES string of the molecule is [B][B]B(B([B])[B])B(B(B([B])[B])B([B])[B])P(B(B([B])[B])B([B])[B])B(B([B])[B])B([B])[B]. The third kappa shape index (κ3) is 8.84. The lowest BCUT2D eigenvalue weighted by Crippen LogP contribution is -2.75. The maximum Gasteiger partial charge on any atom is 0.0527 e. The largest absolute Gasteiger partial charge is 0.253 e. The third-order valence-corrected chi connectivity index (χ3v) is 9.09. The van der Waals surface area contributed by atoms with Crippen molar-refractivity contribution in [3.05, 3.63) is 0 Å². The topological polar surface area (TPSA) is 0 Å². The Labute approximate surface area is 205 Å². The molecule has 0 aromatic carbocycles. The van der Waals surface area contributed by atoms with Crippen molar-refractivity contribution in [2.75, 3.05) is 0 Å². The number of hydrogen-bond acceptors (Lipinski definition) is 0. The zero-order valence-electron chi connectivity index (χ0n) is 16.6. The van der Waals surface area contributed by atoms with Crippen molar-refractivity contribution in [3.8, 4) is 0 Å². The molecule has 0 N–H and O–H groups in total. The minimum absolute atomic E-state index is 0.696. The zero-order valence-corrected chi connectivity index (χ0v) is 17.5. The van der Waals surface area contributed by atoms with Gasteiger partial charge in [0, 0.05) is 181 Å². The van der Waals surface area contributed by atoms with Crippen molar-refractivity contribution in [1.29, 1.82) is 0 Å². The summed E-state index contributed by atoms with van der Waals surface area (Å²) >= 11 is 0. The summed E-state index contributed by atoms with van der Waals surface area (Å²) in [5, 5.41) is 0. The van der Waals surface area contributed by atoms with Gasteiger partial charge in [0.1, 0.15) is 0 Å². The van der Waals surface area contributed by atoms with E-state index in [0.29, 0.717) is 0 Å². The van der Waals surface area contributed by atoms with Crippen molar-refractivity contribution in [2.24, 2.45) is 0 Å². The van der Waals surface area contributed by atoms with Crippen LogP contribution >= 0.6 is 7.56 Å². The van der Waals surface area contributed by atoms with E-state index in [2.05, 4.69) is 0 Å². The molecule has 0 fully saturated rings. The lowest BCUT2D eigenvalue weighted by Gasteiger charge is -2.52. The van der Waals surface area contributed by atoms with E-state index in [1.807, 2.05) is 0 Å². The van der Waals surface area contributed by atoms with Gasteiger partial charge in [-0.25, -0.2) is 0 Å². The molecule has 0 spiro atoms. The Hall–Kier alpha value is 2.25. The van der Waals surface area contributed by atoms with Crippen molar-refractivity contribution in [3.63, 3.8) is 0 Å². The standard InChI is InChI=1S/B28P/c1-16-24(17(2)3)28(25(18(4)5)19(6)7)29(26(20(8)9)21(10)11)27(22(12)13)23(14)15. The molecule has 0 saturated heterocycles. The van der Waals surface area contributed by atoms with Crippen LogP contribution in [0.25, 0.3) is 0 Å². The van der Waals surface area contributed by atoms with E-state index in [-0.39, 0.29) is 0 Å². The fraction of sp³-hybridized carbons (Fsp3) is 0. The van der Waals surface area contributed by atoms with Crippen molar-refractivity contribution < 1.29 is 0 Å². The Bertz CT molecular complexity index is 374. The predicted octanol–water partition coefficient (Wildman–Crippen LogP) is -9.80. The van der Waals surface area contributed by atoms with Crippen LogP contribution in [0.3, 0.4) is 0 Å². The molecule has 0 rings (SSSR count). The molecule has 31 radical (unpaired) electrons. The normalized spacial score (nSPS) is 9.69. The van der Waals surface area contributed by atoms with Crippen LogP contribution in [0.5, 0.6) is 0 Å². The molecule has 0 aliphatic heterocycles. The summed E-state index contributed by atoms with van der Waals surface area (Å²) in [6.07, 6.45) is -10.7. The van der Waals surface area contributed by atoms with Crippen LogP contribution < -0.4 is 0 Å². The third-order valence-electron chi connectivity index (χ3n) is 4.95. The average Bonchev–Trinajstić information content (AvgIpc) is 2.51. The molecule has 0 aromatic rings. The molecule has 29 heteroatoms. The van der Waals surface area contributed by atoms with Gasteiger partial charge in [0.25, 0.3) is 0 Å². The molecule has 89 valence electrons. The van der Waals surface area contributed by atoms with Crippen molar-refractivity contribution >= 4 is 207 Å². The maximum atomic E-state index is 6.03. The first-order valence-electron chi connectivity index (χ1n) is 9.11. The lowest BCUT2D eigenvalue weighted by atomic mass is 8.55. The van der Waals surface area contributed by atoms with E-state index in [0.717, 1.165) is 0 Å². The molecular weight excluding hydrogens is 334 g/mol. The molecule has 29 heavy (non-hydrogen) atoms. The lowest BCUT2D eigenvalue weighted by molar-refractivity contribution is 3.38. The molecule has 0 aliphatic rings. The molecule has 0 amide bonds. The highest BCUT2D eigenvalue weighted by atomic mass is 31.1. The summed E-state index contributed by atoms with van der Waals surface area (Å²) < 4.78 is 0. The molecule has 0 unspecified atom stereocenters. The summed E-state index contributed by atoms with van der Waals surface area (Å²) in [6, 6.07) is 0. The van der Waals surface area contributed by atoms with Gasteiger partial charge in [-0.2, -0.15) is 0 Å². The van der Waals surface area contributed by atoms with E-state index in [9.17, 15) is 0 Å². The molecule has 0 aliphatic carbocycles. The van der Waals surface area contributed by atoms with Gasteiger partial charge in [0.2, 0.25) is 0 Å². The smallest absolute Gasteiger partial charge is 0.0527 e. The predicted molar refractivity (Wildman–Crippen MR) is 168 cm³/mol. The van der Waals surface area contributed by atoms with Gasteiger partial charge in [-0.15, -0.1) is 0 Å². The fourth-order valence-electron chi connectivity index (χ4n) is 3.74. The van der Waals surface area contributed by atoms with Gasteiger partial charge in [0.05, 0.1) is 18.6 Å². The number of hydrogen-bond donors (Lipinski definition) is 0. The Morgan fingerprint density at radius 3 is 0.897 bits per heavy atom. The maximum absolute atomic E-state index is 6.03. The van der Waals surface area contributed by atoms with E-state index in [1.165, 1.54) is 7.06 Å². The summed E-state index contributed by atoms with van der Waals surface area (Å²) in [6.45, 7) is 0.